The van der Waals surface area contributed by atoms with Gasteiger partial charge in [0.1, 0.15) is 11.7 Å². The molecule has 0 radical (unpaired) electrons. The summed E-state index contributed by atoms with van der Waals surface area (Å²) in [6.07, 6.45) is 2.97. The molecule has 0 saturated heterocycles. The summed E-state index contributed by atoms with van der Waals surface area (Å²) in [5, 5.41) is 6.05. The first kappa shape index (κ1) is 25.5. The van der Waals surface area contributed by atoms with Crippen LogP contribution in [0.15, 0.2) is 58.4 Å². The van der Waals surface area contributed by atoms with Crippen LogP contribution in [0.3, 0.4) is 0 Å². The van der Waals surface area contributed by atoms with Gasteiger partial charge in [-0.3, -0.25) is 15.1 Å². The number of nitrogens with zero attached hydrogens (tertiary/aromatic N) is 2. The van der Waals surface area contributed by atoms with Gasteiger partial charge in [0.15, 0.2) is 9.84 Å². The molecule has 1 amide bonds. The SMILES string of the molecule is CN(Cc1ccc(C2=NCCN2)cc1)C(=O)/C=C/CNCS(=O)(=O)c1ccc(Cl)c(Cl)c1Cl. The number of amides is 1. The Labute approximate surface area is 208 Å². The largest absolute Gasteiger partial charge is 0.368 e. The Bertz CT molecular complexity index is 1180. The van der Waals surface area contributed by atoms with Crippen molar-refractivity contribution < 1.29 is 13.2 Å². The molecule has 3 rings (SSSR count). The molecule has 11 heteroatoms. The molecule has 1 aliphatic rings. The fourth-order valence-electron chi connectivity index (χ4n) is 3.10. The van der Waals surface area contributed by atoms with Crippen LogP contribution in [0.4, 0.5) is 0 Å². The van der Waals surface area contributed by atoms with Crippen LogP contribution >= 0.6 is 34.8 Å². The number of benzene rings is 2. The number of sulfone groups is 1. The lowest BCUT2D eigenvalue weighted by Gasteiger charge is -2.15. The Morgan fingerprint density at radius 2 is 1.88 bits per heavy atom. The number of aliphatic imine (C=N–C) groups is 1. The maximum atomic E-state index is 12.5. The van der Waals surface area contributed by atoms with Gasteiger partial charge in [-0.05, 0) is 17.7 Å². The monoisotopic (exact) mass is 528 g/mol. The normalized spacial score (nSPS) is 13.8. The van der Waals surface area contributed by atoms with E-state index in [9.17, 15) is 13.2 Å². The van der Waals surface area contributed by atoms with Crippen LogP contribution in [0.5, 0.6) is 0 Å². The summed E-state index contributed by atoms with van der Waals surface area (Å²) >= 11 is 17.8. The number of halogens is 3. The number of amidine groups is 1. The van der Waals surface area contributed by atoms with E-state index >= 15 is 0 Å². The minimum atomic E-state index is -3.73. The van der Waals surface area contributed by atoms with Gasteiger partial charge >= 0.3 is 0 Å². The zero-order valence-corrected chi connectivity index (χ0v) is 20.9. The van der Waals surface area contributed by atoms with Crippen LogP contribution in [-0.2, 0) is 21.2 Å². The summed E-state index contributed by atoms with van der Waals surface area (Å²) in [5.74, 6) is 0.328. The topological polar surface area (TPSA) is 90.9 Å². The number of rotatable bonds is 9. The number of hydrogen-bond donors (Lipinski definition) is 2. The lowest BCUT2D eigenvalue weighted by Crippen LogP contribution is -2.26. The molecular weight excluding hydrogens is 507 g/mol. The van der Waals surface area contributed by atoms with E-state index in [2.05, 4.69) is 15.6 Å². The van der Waals surface area contributed by atoms with Crippen molar-refractivity contribution in [3.63, 3.8) is 0 Å². The summed E-state index contributed by atoms with van der Waals surface area (Å²) in [6.45, 7) is 2.26. The minimum absolute atomic E-state index is 0.00784. The molecule has 2 N–H and O–H groups in total. The third kappa shape index (κ3) is 6.71. The summed E-state index contributed by atoms with van der Waals surface area (Å²) in [7, 11) is -2.02. The highest BCUT2D eigenvalue weighted by Gasteiger charge is 2.20. The van der Waals surface area contributed by atoms with Gasteiger partial charge < -0.3 is 10.2 Å². The lowest BCUT2D eigenvalue weighted by molar-refractivity contribution is -0.125. The zero-order chi connectivity index (χ0) is 24.0. The molecule has 176 valence electrons. The first-order chi connectivity index (χ1) is 15.7. The molecule has 2 aromatic carbocycles. The first-order valence-electron chi connectivity index (χ1n) is 10.1. The minimum Gasteiger partial charge on any atom is -0.368 e. The summed E-state index contributed by atoms with van der Waals surface area (Å²) < 4.78 is 24.9. The van der Waals surface area contributed by atoms with Crippen molar-refractivity contribution in [2.75, 3.05) is 32.6 Å². The van der Waals surface area contributed by atoms with Crippen molar-refractivity contribution in [2.45, 2.75) is 11.4 Å². The molecule has 7 nitrogen and oxygen atoms in total. The zero-order valence-electron chi connectivity index (χ0n) is 17.8. The molecule has 0 unspecified atom stereocenters. The van der Waals surface area contributed by atoms with Crippen LogP contribution in [0.1, 0.15) is 11.1 Å². The van der Waals surface area contributed by atoms with Crippen LogP contribution < -0.4 is 10.6 Å². The number of nitrogens with one attached hydrogen (secondary N) is 2. The van der Waals surface area contributed by atoms with E-state index in [1.165, 1.54) is 18.2 Å². The van der Waals surface area contributed by atoms with Gasteiger partial charge in [-0.15, -0.1) is 0 Å². The Kier molecular flexibility index (Phi) is 8.78. The van der Waals surface area contributed by atoms with Crippen molar-refractivity contribution in [2.24, 2.45) is 4.99 Å². The van der Waals surface area contributed by atoms with Gasteiger partial charge in [0.25, 0.3) is 0 Å². The molecule has 33 heavy (non-hydrogen) atoms. The van der Waals surface area contributed by atoms with E-state index in [0.29, 0.717) is 6.54 Å². The molecule has 0 bridgehead atoms. The van der Waals surface area contributed by atoms with Crippen molar-refractivity contribution in [3.05, 3.63) is 74.7 Å². The number of carbonyl (C=O) groups excluding carboxylic acids is 1. The fraction of sp³-hybridized carbons (Fsp3) is 0.273. The molecule has 1 aliphatic heterocycles. The Balaban J connectivity index is 1.47. The third-order valence-electron chi connectivity index (χ3n) is 4.85. The maximum absolute atomic E-state index is 12.5. The quantitative estimate of drug-likeness (QED) is 0.295. The summed E-state index contributed by atoms with van der Waals surface area (Å²) in [6, 6.07) is 10.6. The smallest absolute Gasteiger partial charge is 0.246 e. The predicted octanol–water partition coefficient (Wildman–Crippen LogP) is 3.53. The van der Waals surface area contributed by atoms with Crippen molar-refractivity contribution in [1.29, 1.82) is 0 Å². The number of likely N-dealkylation sites (N-methyl/N-ethyl adjacent to an activating group) is 1. The van der Waals surface area contributed by atoms with E-state index in [-0.39, 0.29) is 38.3 Å². The Morgan fingerprint density at radius 3 is 2.55 bits per heavy atom. The molecule has 2 aromatic rings. The average Bonchev–Trinajstić information content (AvgIpc) is 3.32. The van der Waals surface area contributed by atoms with E-state index in [0.717, 1.165) is 30.1 Å². The summed E-state index contributed by atoms with van der Waals surface area (Å²) in [5.41, 5.74) is 2.01. The van der Waals surface area contributed by atoms with Gasteiger partial charge in [0, 0.05) is 38.3 Å². The Hall–Kier alpha value is -2.10. The summed E-state index contributed by atoms with van der Waals surface area (Å²) in [4.78, 5) is 18.2. The predicted molar refractivity (Wildman–Crippen MR) is 133 cm³/mol. The third-order valence-corrected chi connectivity index (χ3v) is 7.85. The molecular formula is C22H23Cl3N4O3S. The number of carbonyl (C=O) groups is 1. The van der Waals surface area contributed by atoms with E-state index in [4.69, 9.17) is 34.8 Å². The van der Waals surface area contributed by atoms with Gasteiger partial charge in [-0.1, -0.05) is 65.1 Å². The molecule has 1 heterocycles. The van der Waals surface area contributed by atoms with Crippen molar-refractivity contribution >= 4 is 56.4 Å². The highest BCUT2D eigenvalue weighted by Crippen LogP contribution is 2.35. The fourth-order valence-corrected chi connectivity index (χ4v) is 5.24. The van der Waals surface area contributed by atoms with Crippen molar-refractivity contribution in [3.8, 4) is 0 Å². The van der Waals surface area contributed by atoms with E-state index in [1.54, 1.807) is 18.0 Å². The van der Waals surface area contributed by atoms with Gasteiger partial charge in [0.2, 0.25) is 5.91 Å². The molecule has 0 aromatic heterocycles. The van der Waals surface area contributed by atoms with Gasteiger partial charge in [-0.25, -0.2) is 8.42 Å². The lowest BCUT2D eigenvalue weighted by atomic mass is 10.1. The first-order valence-corrected chi connectivity index (χ1v) is 12.8. The highest BCUT2D eigenvalue weighted by molar-refractivity contribution is 7.91. The second-order valence-electron chi connectivity index (χ2n) is 7.34. The highest BCUT2D eigenvalue weighted by atomic mass is 35.5. The second-order valence-corrected chi connectivity index (χ2v) is 10.5. The van der Waals surface area contributed by atoms with Gasteiger partial charge in [0.05, 0.1) is 26.5 Å². The maximum Gasteiger partial charge on any atom is 0.246 e. The number of hydrogen-bond acceptors (Lipinski definition) is 6. The average molecular weight is 530 g/mol. The van der Waals surface area contributed by atoms with E-state index < -0.39 is 9.84 Å². The molecule has 0 spiro atoms. The van der Waals surface area contributed by atoms with Gasteiger partial charge in [-0.2, -0.15) is 0 Å². The molecule has 0 saturated carbocycles. The van der Waals surface area contributed by atoms with Crippen LogP contribution in [-0.4, -0.2) is 57.6 Å². The van der Waals surface area contributed by atoms with Crippen LogP contribution in [0, 0.1) is 0 Å². The molecule has 0 fully saturated rings. The van der Waals surface area contributed by atoms with Crippen LogP contribution in [0.2, 0.25) is 15.1 Å². The second kappa shape index (κ2) is 11.4. The molecule has 0 aliphatic carbocycles. The standard InChI is InChI=1S/C22H23Cl3N4O3S/c1-29(13-15-4-6-16(7-5-15)22-27-11-12-28-22)19(30)3-2-10-26-14-33(31,32)18-9-8-17(23)20(24)21(18)25/h2-9,26H,10-14H2,1H3,(H,27,28)/b3-2+. The van der Waals surface area contributed by atoms with Crippen molar-refractivity contribution in [1.82, 2.24) is 15.5 Å². The molecule has 0 atom stereocenters. The van der Waals surface area contributed by atoms with E-state index in [1.807, 2.05) is 24.3 Å². The van der Waals surface area contributed by atoms with Crippen LogP contribution in [0.25, 0.3) is 0 Å². The Morgan fingerprint density at radius 1 is 1.15 bits per heavy atom.